The number of sulfonamides is 1. The number of imidazole rings is 1. The van der Waals surface area contributed by atoms with Gasteiger partial charge in [-0.25, -0.2) is 13.4 Å². The number of rotatable bonds is 6. The van der Waals surface area contributed by atoms with Crippen molar-refractivity contribution >= 4 is 27.5 Å². The van der Waals surface area contributed by atoms with E-state index in [-0.39, 0.29) is 10.8 Å². The Hall–Kier alpha value is -2.68. The summed E-state index contributed by atoms with van der Waals surface area (Å²) in [5.41, 5.74) is 1.20. The molecule has 1 N–H and O–H groups in total. The summed E-state index contributed by atoms with van der Waals surface area (Å²) in [6.45, 7) is 3.19. The molecule has 33 heavy (non-hydrogen) atoms. The van der Waals surface area contributed by atoms with Crippen molar-refractivity contribution in [1.29, 1.82) is 0 Å². The average Bonchev–Trinajstić information content (AvgIpc) is 3.24. The van der Waals surface area contributed by atoms with E-state index in [0.29, 0.717) is 35.4 Å². The van der Waals surface area contributed by atoms with Crippen molar-refractivity contribution in [2.24, 2.45) is 13.0 Å². The van der Waals surface area contributed by atoms with Crippen molar-refractivity contribution in [2.45, 2.75) is 30.7 Å². The van der Waals surface area contributed by atoms with Crippen molar-refractivity contribution in [2.75, 3.05) is 13.1 Å². The van der Waals surface area contributed by atoms with Crippen molar-refractivity contribution in [3.63, 3.8) is 0 Å². The number of hydrogen-bond acceptors (Lipinski definition) is 4. The predicted octanol–water partition coefficient (Wildman–Crippen LogP) is 4.01. The fourth-order valence-electron chi connectivity index (χ4n) is 3.97. The quantitative estimate of drug-likeness (QED) is 0.570. The van der Waals surface area contributed by atoms with Gasteiger partial charge in [0.25, 0.3) is 5.91 Å². The van der Waals surface area contributed by atoms with Crippen molar-refractivity contribution < 1.29 is 13.2 Å². The molecule has 2 aromatic carbocycles. The van der Waals surface area contributed by atoms with E-state index in [1.165, 1.54) is 16.4 Å². The third-order valence-corrected chi connectivity index (χ3v) is 8.26. The Morgan fingerprint density at radius 1 is 1.09 bits per heavy atom. The summed E-state index contributed by atoms with van der Waals surface area (Å²) < 4.78 is 29.3. The lowest BCUT2D eigenvalue weighted by Gasteiger charge is -2.29. The van der Waals surface area contributed by atoms with Crippen LogP contribution in [0.2, 0.25) is 5.02 Å². The lowest BCUT2D eigenvalue weighted by Crippen LogP contribution is -2.37. The summed E-state index contributed by atoms with van der Waals surface area (Å²) in [7, 11) is -1.70. The lowest BCUT2D eigenvalue weighted by molar-refractivity contribution is 0.0941. The van der Waals surface area contributed by atoms with Crippen molar-refractivity contribution in [1.82, 2.24) is 19.2 Å². The summed E-state index contributed by atoms with van der Waals surface area (Å²) in [4.78, 5) is 17.7. The second kappa shape index (κ2) is 9.67. The van der Waals surface area contributed by atoms with Crippen LogP contribution in [0.3, 0.4) is 0 Å². The molecule has 1 saturated heterocycles. The smallest absolute Gasteiger partial charge is 0.252 e. The molecule has 2 heterocycles. The molecule has 7 nitrogen and oxygen atoms in total. The van der Waals surface area contributed by atoms with Gasteiger partial charge in [-0.05, 0) is 60.7 Å². The maximum atomic E-state index is 13.1. The fourth-order valence-corrected chi connectivity index (χ4v) is 5.57. The van der Waals surface area contributed by atoms with Gasteiger partial charge in [0.2, 0.25) is 10.0 Å². The highest BCUT2D eigenvalue weighted by Crippen LogP contribution is 2.25. The summed E-state index contributed by atoms with van der Waals surface area (Å²) in [6, 6.07) is 12.8. The van der Waals surface area contributed by atoms with Gasteiger partial charge in [-0.15, -0.1) is 0 Å². The van der Waals surface area contributed by atoms with Crippen LogP contribution in [-0.2, 0) is 17.1 Å². The molecule has 1 atom stereocenters. The van der Waals surface area contributed by atoms with Gasteiger partial charge >= 0.3 is 0 Å². The molecule has 1 aliphatic heterocycles. The number of carbonyl (C=O) groups excluding carboxylic acids is 1. The second-order valence-electron chi connectivity index (χ2n) is 8.47. The Balaban J connectivity index is 1.54. The Morgan fingerprint density at radius 3 is 2.30 bits per heavy atom. The molecule has 1 aromatic heterocycles. The Bertz CT molecular complexity index is 1220. The molecule has 4 rings (SSSR count). The molecule has 0 radical (unpaired) electrons. The summed E-state index contributed by atoms with van der Waals surface area (Å²) in [6.07, 6.45) is 5.20. The normalized spacial score (nSPS) is 16.5. The molecule has 174 valence electrons. The second-order valence-corrected chi connectivity index (χ2v) is 10.8. The minimum Gasteiger partial charge on any atom is -0.338 e. The molecular weight excluding hydrogens is 460 g/mol. The SMILES string of the molecule is CC1CCN(S(=O)(=O)c2ccc(C(=O)N[C@H](c3ccc(Cl)cc3)c3nccn3C)cc2)CC1. The zero-order valence-corrected chi connectivity index (χ0v) is 20.2. The van der Waals surface area contributed by atoms with E-state index in [1.54, 1.807) is 30.5 Å². The number of piperidine rings is 1. The molecule has 0 unspecified atom stereocenters. The highest BCUT2D eigenvalue weighted by Gasteiger charge is 2.28. The largest absolute Gasteiger partial charge is 0.338 e. The number of hydrogen-bond donors (Lipinski definition) is 1. The minimum absolute atomic E-state index is 0.201. The molecular formula is C24H27ClN4O3S. The van der Waals surface area contributed by atoms with E-state index in [0.717, 1.165) is 18.4 Å². The van der Waals surface area contributed by atoms with Crippen LogP contribution in [-0.4, -0.2) is 41.3 Å². The number of carbonyl (C=O) groups is 1. The van der Waals surface area contributed by atoms with Gasteiger partial charge in [-0.3, -0.25) is 4.79 Å². The van der Waals surface area contributed by atoms with Crippen LogP contribution in [0, 0.1) is 5.92 Å². The highest BCUT2D eigenvalue weighted by molar-refractivity contribution is 7.89. The van der Waals surface area contributed by atoms with Gasteiger partial charge in [-0.1, -0.05) is 30.7 Å². The van der Waals surface area contributed by atoms with Crippen LogP contribution < -0.4 is 5.32 Å². The van der Waals surface area contributed by atoms with Crippen LogP contribution in [0.1, 0.15) is 47.6 Å². The summed E-state index contributed by atoms with van der Waals surface area (Å²) in [5, 5.41) is 3.61. The summed E-state index contributed by atoms with van der Waals surface area (Å²) in [5.74, 6) is 0.882. The number of halogens is 1. The first kappa shape index (κ1) is 23.5. The molecule has 0 saturated carbocycles. The zero-order chi connectivity index (χ0) is 23.6. The van der Waals surface area contributed by atoms with E-state index in [2.05, 4.69) is 17.2 Å². The maximum absolute atomic E-state index is 13.1. The number of aryl methyl sites for hydroxylation is 1. The van der Waals surface area contributed by atoms with Crippen LogP contribution in [0.5, 0.6) is 0 Å². The predicted molar refractivity (Wildman–Crippen MR) is 128 cm³/mol. The standard InChI is InChI=1S/C24H27ClN4O3S/c1-17-11-14-29(15-12-17)33(31,32)21-9-5-19(6-10-21)24(30)27-22(23-26-13-16-28(23)2)18-3-7-20(25)8-4-18/h3-10,13,16-17,22H,11-12,14-15H2,1-2H3,(H,27,30)/t22-/m1/s1. The van der Waals surface area contributed by atoms with Crippen LogP contribution >= 0.6 is 11.6 Å². The summed E-state index contributed by atoms with van der Waals surface area (Å²) >= 11 is 6.03. The third-order valence-electron chi connectivity index (χ3n) is 6.09. The van der Waals surface area contributed by atoms with E-state index < -0.39 is 16.1 Å². The number of benzene rings is 2. The molecule has 1 amide bonds. The molecule has 0 bridgehead atoms. The molecule has 9 heteroatoms. The number of nitrogens with one attached hydrogen (secondary N) is 1. The van der Waals surface area contributed by atoms with E-state index in [1.807, 2.05) is 29.9 Å². The average molecular weight is 487 g/mol. The number of amides is 1. The monoisotopic (exact) mass is 486 g/mol. The Labute approximate surface area is 199 Å². The zero-order valence-electron chi connectivity index (χ0n) is 18.6. The minimum atomic E-state index is -3.56. The van der Waals surface area contributed by atoms with Crippen LogP contribution in [0.25, 0.3) is 0 Å². The first-order valence-electron chi connectivity index (χ1n) is 10.9. The Kier molecular flexibility index (Phi) is 6.88. The first-order chi connectivity index (χ1) is 15.8. The van der Waals surface area contributed by atoms with Gasteiger partial charge in [-0.2, -0.15) is 4.31 Å². The molecule has 0 aliphatic carbocycles. The number of aromatic nitrogens is 2. The molecule has 0 spiro atoms. The topological polar surface area (TPSA) is 84.3 Å². The van der Waals surface area contributed by atoms with Crippen molar-refractivity contribution in [3.05, 3.63) is 82.9 Å². The van der Waals surface area contributed by atoms with Crippen LogP contribution in [0.15, 0.2) is 65.8 Å². The third kappa shape index (κ3) is 5.13. The molecule has 3 aromatic rings. The highest BCUT2D eigenvalue weighted by atomic mass is 35.5. The Morgan fingerprint density at radius 2 is 1.73 bits per heavy atom. The van der Waals surface area contributed by atoms with Gasteiger partial charge in [0.15, 0.2) is 0 Å². The van der Waals surface area contributed by atoms with Crippen LogP contribution in [0.4, 0.5) is 0 Å². The number of nitrogens with zero attached hydrogens (tertiary/aromatic N) is 3. The van der Waals surface area contributed by atoms with Gasteiger partial charge in [0.05, 0.1) is 4.90 Å². The van der Waals surface area contributed by atoms with Gasteiger partial charge < -0.3 is 9.88 Å². The van der Waals surface area contributed by atoms with Gasteiger partial charge in [0, 0.05) is 43.1 Å². The van der Waals surface area contributed by atoms with E-state index in [4.69, 9.17) is 11.6 Å². The molecule has 1 aliphatic rings. The fraction of sp³-hybridized carbons (Fsp3) is 0.333. The van der Waals surface area contributed by atoms with Crippen molar-refractivity contribution in [3.8, 4) is 0 Å². The van der Waals surface area contributed by atoms with E-state index >= 15 is 0 Å². The maximum Gasteiger partial charge on any atom is 0.252 e. The molecule has 1 fully saturated rings. The first-order valence-corrected chi connectivity index (χ1v) is 12.7. The lowest BCUT2D eigenvalue weighted by atomic mass is 10.0. The van der Waals surface area contributed by atoms with Gasteiger partial charge in [0.1, 0.15) is 11.9 Å². The van der Waals surface area contributed by atoms with E-state index in [9.17, 15) is 13.2 Å².